The van der Waals surface area contributed by atoms with Crippen molar-refractivity contribution >= 4 is 40.9 Å². The second-order valence-corrected chi connectivity index (χ2v) is 7.44. The second kappa shape index (κ2) is 8.34. The van der Waals surface area contributed by atoms with Gasteiger partial charge in [-0.3, -0.25) is 10.1 Å². The number of nitrogens with zero attached hydrogens (tertiary/aromatic N) is 1. The highest BCUT2D eigenvalue weighted by molar-refractivity contribution is 7.97. The van der Waals surface area contributed by atoms with E-state index in [1.165, 1.54) is 0 Å². The van der Waals surface area contributed by atoms with Crippen LogP contribution < -0.4 is 10.1 Å². The van der Waals surface area contributed by atoms with E-state index in [0.29, 0.717) is 11.3 Å². The van der Waals surface area contributed by atoms with Crippen molar-refractivity contribution in [2.45, 2.75) is 32.8 Å². The zero-order valence-corrected chi connectivity index (χ0v) is 16.7. The normalized spacial score (nSPS) is 11.1. The van der Waals surface area contributed by atoms with Crippen LogP contribution in [0.15, 0.2) is 24.4 Å². The highest BCUT2D eigenvalue weighted by Crippen LogP contribution is 2.24. The first kappa shape index (κ1) is 20.6. The summed E-state index contributed by atoms with van der Waals surface area (Å²) in [6.07, 6.45) is 2.38. The Balaban J connectivity index is 2.06. The van der Waals surface area contributed by atoms with Crippen molar-refractivity contribution in [1.29, 1.82) is 0 Å². The van der Waals surface area contributed by atoms with Crippen molar-refractivity contribution in [3.05, 3.63) is 30.0 Å². The summed E-state index contributed by atoms with van der Waals surface area (Å²) >= 11 is 0.856. The number of amides is 4. The molecule has 2 aromatic rings. The van der Waals surface area contributed by atoms with E-state index in [2.05, 4.69) is 10.3 Å². The van der Waals surface area contributed by atoms with E-state index in [0.717, 1.165) is 27.2 Å². The average Bonchev–Trinajstić information content (AvgIpc) is 2.95. The minimum Gasteiger partial charge on any atom is -0.497 e. The van der Waals surface area contributed by atoms with Gasteiger partial charge in [0.2, 0.25) is 5.91 Å². The number of aromatic amines is 1. The standard InChI is InChI=1S/C18H23N3O5S/c1-18(2,3)26-17(24)21(27-5)16(23)20-15(22)8-11-10-19-14-7-6-12(25-4)9-13(11)14/h6-7,9-10,19H,8H2,1-5H3,(H,20,22,23). The summed E-state index contributed by atoms with van der Waals surface area (Å²) in [5, 5.41) is 3.04. The second-order valence-electron chi connectivity index (χ2n) is 6.71. The lowest BCUT2D eigenvalue weighted by molar-refractivity contribution is -0.119. The summed E-state index contributed by atoms with van der Waals surface area (Å²) in [5.74, 6) is 0.129. The number of benzene rings is 1. The SMILES string of the molecule is COc1ccc2[nH]cc(CC(=O)NC(=O)N(SC)C(=O)OC(C)(C)C)c2c1. The van der Waals surface area contributed by atoms with Gasteiger partial charge in [-0.05, 0) is 56.5 Å². The number of fused-ring (bicyclic) bond motifs is 1. The molecule has 1 aromatic carbocycles. The number of methoxy groups -OCH3 is 1. The lowest BCUT2D eigenvalue weighted by atomic mass is 10.1. The third-order valence-corrected chi connectivity index (χ3v) is 4.18. The molecule has 2 rings (SSSR count). The summed E-state index contributed by atoms with van der Waals surface area (Å²) in [6, 6.07) is 4.62. The summed E-state index contributed by atoms with van der Waals surface area (Å²) in [5.41, 5.74) is 0.810. The Morgan fingerprint density at radius 1 is 1.26 bits per heavy atom. The number of hydrogen-bond donors (Lipinski definition) is 2. The molecular formula is C18H23N3O5S. The predicted octanol–water partition coefficient (Wildman–Crippen LogP) is 3.47. The number of rotatable bonds is 4. The van der Waals surface area contributed by atoms with Gasteiger partial charge in [0.1, 0.15) is 11.4 Å². The third kappa shape index (κ3) is 5.40. The van der Waals surface area contributed by atoms with Crippen LogP contribution in [0, 0.1) is 0 Å². The number of carbonyl (C=O) groups is 3. The number of H-pyrrole nitrogens is 1. The van der Waals surface area contributed by atoms with Gasteiger partial charge >= 0.3 is 12.1 Å². The van der Waals surface area contributed by atoms with E-state index >= 15 is 0 Å². The Morgan fingerprint density at radius 2 is 1.96 bits per heavy atom. The first-order chi connectivity index (χ1) is 12.6. The lowest BCUT2D eigenvalue weighted by Gasteiger charge is -2.24. The molecule has 0 aliphatic carbocycles. The Labute approximate surface area is 161 Å². The molecule has 0 saturated heterocycles. The number of ether oxygens (including phenoxy) is 2. The molecule has 0 unspecified atom stereocenters. The van der Waals surface area contributed by atoms with Crippen molar-refractivity contribution in [3.63, 3.8) is 0 Å². The van der Waals surface area contributed by atoms with Crippen LogP contribution in [0.25, 0.3) is 10.9 Å². The van der Waals surface area contributed by atoms with E-state index in [1.807, 2.05) is 18.2 Å². The zero-order chi connectivity index (χ0) is 20.2. The Kier molecular flexibility index (Phi) is 6.37. The largest absolute Gasteiger partial charge is 0.497 e. The van der Waals surface area contributed by atoms with Crippen LogP contribution in [0.5, 0.6) is 5.75 Å². The van der Waals surface area contributed by atoms with Crippen molar-refractivity contribution < 1.29 is 23.9 Å². The Hall–Kier alpha value is -2.68. The van der Waals surface area contributed by atoms with Gasteiger partial charge in [0, 0.05) is 23.4 Å². The molecule has 9 heteroatoms. The van der Waals surface area contributed by atoms with Gasteiger partial charge in [-0.1, -0.05) is 0 Å². The maximum absolute atomic E-state index is 12.3. The number of nitrogens with one attached hydrogen (secondary N) is 2. The fourth-order valence-corrected chi connectivity index (χ4v) is 2.76. The smallest absolute Gasteiger partial charge is 0.428 e. The molecule has 0 radical (unpaired) electrons. The van der Waals surface area contributed by atoms with E-state index in [4.69, 9.17) is 9.47 Å². The predicted molar refractivity (Wildman–Crippen MR) is 104 cm³/mol. The molecule has 4 amide bonds. The molecule has 0 saturated carbocycles. The first-order valence-corrected chi connectivity index (χ1v) is 9.38. The van der Waals surface area contributed by atoms with Gasteiger partial charge in [-0.25, -0.2) is 9.59 Å². The molecule has 0 spiro atoms. The molecule has 1 aromatic heterocycles. The van der Waals surface area contributed by atoms with Crippen LogP contribution in [-0.2, 0) is 16.0 Å². The van der Waals surface area contributed by atoms with Gasteiger partial charge < -0.3 is 14.5 Å². The molecule has 8 nitrogen and oxygen atoms in total. The maximum Gasteiger partial charge on any atom is 0.428 e. The lowest BCUT2D eigenvalue weighted by Crippen LogP contribution is -2.44. The van der Waals surface area contributed by atoms with Crippen LogP contribution in [0.4, 0.5) is 9.59 Å². The maximum atomic E-state index is 12.3. The molecule has 146 valence electrons. The van der Waals surface area contributed by atoms with Crippen LogP contribution >= 0.6 is 11.9 Å². The average molecular weight is 393 g/mol. The molecule has 0 aliphatic heterocycles. The summed E-state index contributed by atoms with van der Waals surface area (Å²) < 4.78 is 11.1. The number of imide groups is 2. The fourth-order valence-electron chi connectivity index (χ4n) is 2.36. The van der Waals surface area contributed by atoms with Crippen molar-refractivity contribution in [3.8, 4) is 5.75 Å². The molecule has 0 aliphatic rings. The van der Waals surface area contributed by atoms with Crippen LogP contribution in [-0.4, -0.2) is 46.3 Å². The molecule has 2 N–H and O–H groups in total. The third-order valence-electron chi connectivity index (χ3n) is 3.50. The number of hydrogen-bond acceptors (Lipinski definition) is 6. The van der Waals surface area contributed by atoms with E-state index in [1.54, 1.807) is 40.3 Å². The molecule has 27 heavy (non-hydrogen) atoms. The van der Waals surface area contributed by atoms with Crippen molar-refractivity contribution in [1.82, 2.24) is 14.6 Å². The number of aromatic nitrogens is 1. The van der Waals surface area contributed by atoms with Crippen molar-refractivity contribution in [2.75, 3.05) is 13.4 Å². The van der Waals surface area contributed by atoms with Gasteiger partial charge in [-0.2, -0.15) is 4.31 Å². The monoisotopic (exact) mass is 393 g/mol. The fraction of sp³-hybridized carbons (Fsp3) is 0.389. The molecule has 1 heterocycles. The van der Waals surface area contributed by atoms with Crippen LogP contribution in [0.3, 0.4) is 0 Å². The minimum absolute atomic E-state index is 0.0323. The summed E-state index contributed by atoms with van der Waals surface area (Å²) in [7, 11) is 1.56. The Bertz CT molecular complexity index is 856. The minimum atomic E-state index is -0.848. The van der Waals surface area contributed by atoms with E-state index in [-0.39, 0.29) is 6.42 Å². The highest BCUT2D eigenvalue weighted by Gasteiger charge is 2.28. The molecule has 0 fully saturated rings. The summed E-state index contributed by atoms with van der Waals surface area (Å²) in [4.78, 5) is 39.7. The van der Waals surface area contributed by atoms with E-state index < -0.39 is 23.6 Å². The molecule has 0 bridgehead atoms. The molecule has 0 atom stereocenters. The van der Waals surface area contributed by atoms with Gasteiger partial charge in [0.25, 0.3) is 0 Å². The van der Waals surface area contributed by atoms with E-state index in [9.17, 15) is 14.4 Å². The highest BCUT2D eigenvalue weighted by atomic mass is 32.2. The van der Waals surface area contributed by atoms with Crippen LogP contribution in [0.2, 0.25) is 0 Å². The quantitative estimate of drug-likeness (QED) is 0.772. The van der Waals surface area contributed by atoms with Crippen LogP contribution in [0.1, 0.15) is 26.3 Å². The topological polar surface area (TPSA) is 101 Å². The number of urea groups is 1. The van der Waals surface area contributed by atoms with Gasteiger partial charge in [0.05, 0.1) is 13.5 Å². The first-order valence-electron chi connectivity index (χ1n) is 8.19. The zero-order valence-electron chi connectivity index (χ0n) is 15.9. The van der Waals surface area contributed by atoms with Gasteiger partial charge in [0.15, 0.2) is 0 Å². The Morgan fingerprint density at radius 3 is 2.56 bits per heavy atom. The molecular weight excluding hydrogens is 370 g/mol. The van der Waals surface area contributed by atoms with Crippen molar-refractivity contribution in [2.24, 2.45) is 0 Å². The summed E-state index contributed by atoms with van der Waals surface area (Å²) in [6.45, 7) is 5.08. The number of carbonyl (C=O) groups excluding carboxylic acids is 3. The van der Waals surface area contributed by atoms with Gasteiger partial charge in [-0.15, -0.1) is 0 Å².